The van der Waals surface area contributed by atoms with E-state index in [0.29, 0.717) is 24.5 Å². The number of hydrogen-bond donors (Lipinski definition) is 1. The molecule has 1 N–H and O–H groups in total. The fourth-order valence-corrected chi connectivity index (χ4v) is 2.87. The van der Waals surface area contributed by atoms with Crippen molar-refractivity contribution in [1.82, 2.24) is 20.0 Å². The van der Waals surface area contributed by atoms with E-state index < -0.39 is 0 Å². The predicted octanol–water partition coefficient (Wildman–Crippen LogP) is 2.22. The van der Waals surface area contributed by atoms with Crippen LogP contribution >= 0.6 is 11.6 Å². The summed E-state index contributed by atoms with van der Waals surface area (Å²) in [5.74, 6) is -0.265. The Hall–Kier alpha value is -2.18. The van der Waals surface area contributed by atoms with Gasteiger partial charge in [-0.25, -0.2) is 0 Å². The molecular formula is C17H19ClN4O2. The van der Waals surface area contributed by atoms with E-state index in [1.54, 1.807) is 4.90 Å². The maximum atomic E-state index is 12.4. The molecule has 24 heavy (non-hydrogen) atoms. The van der Waals surface area contributed by atoms with Crippen molar-refractivity contribution in [2.75, 3.05) is 26.2 Å². The third-order valence-electron chi connectivity index (χ3n) is 4.15. The summed E-state index contributed by atoms with van der Waals surface area (Å²) in [5.41, 5.74) is 1.87. The third-order valence-corrected chi connectivity index (χ3v) is 4.40. The number of ketones is 1. The molecule has 2 aromatic rings. The second kappa shape index (κ2) is 7.15. The van der Waals surface area contributed by atoms with Gasteiger partial charge in [-0.3, -0.25) is 19.6 Å². The molecule has 1 aromatic heterocycles. The number of Topliss-reactive ketones (excluding diaryl/α,β-unsaturated/α-hetero) is 1. The highest BCUT2D eigenvalue weighted by Crippen LogP contribution is 2.14. The molecule has 0 aliphatic carbocycles. The summed E-state index contributed by atoms with van der Waals surface area (Å²) in [6.45, 7) is 5.20. The lowest BCUT2D eigenvalue weighted by molar-refractivity contribution is 0.0622. The van der Waals surface area contributed by atoms with Crippen LogP contribution in [0.25, 0.3) is 0 Å². The van der Waals surface area contributed by atoms with E-state index in [1.807, 2.05) is 24.3 Å². The van der Waals surface area contributed by atoms with E-state index in [1.165, 1.54) is 18.6 Å². The summed E-state index contributed by atoms with van der Waals surface area (Å²) < 4.78 is 0. The molecule has 1 fully saturated rings. The zero-order valence-corrected chi connectivity index (χ0v) is 14.2. The molecule has 0 atom stereocenters. The summed E-state index contributed by atoms with van der Waals surface area (Å²) in [7, 11) is 0. The molecule has 0 saturated carbocycles. The summed E-state index contributed by atoms with van der Waals surface area (Å²) in [6, 6.07) is 9.34. The van der Waals surface area contributed by atoms with Gasteiger partial charge in [0.1, 0.15) is 11.4 Å². The van der Waals surface area contributed by atoms with Crippen LogP contribution < -0.4 is 0 Å². The lowest BCUT2D eigenvalue weighted by atomic mass is 10.2. The number of piperazine rings is 1. The minimum Gasteiger partial charge on any atom is -0.335 e. The topological polar surface area (TPSA) is 69.3 Å². The van der Waals surface area contributed by atoms with E-state index in [9.17, 15) is 9.59 Å². The number of aromatic nitrogens is 2. The summed E-state index contributed by atoms with van der Waals surface area (Å²) in [5, 5.41) is 7.25. The van der Waals surface area contributed by atoms with Gasteiger partial charge in [-0.1, -0.05) is 23.7 Å². The van der Waals surface area contributed by atoms with Gasteiger partial charge >= 0.3 is 0 Å². The molecule has 6 nitrogen and oxygen atoms in total. The second-order valence-corrected chi connectivity index (χ2v) is 6.35. The van der Waals surface area contributed by atoms with Crippen molar-refractivity contribution in [3.05, 3.63) is 52.3 Å². The monoisotopic (exact) mass is 346 g/mol. The largest absolute Gasteiger partial charge is 0.335 e. The van der Waals surface area contributed by atoms with Crippen LogP contribution in [0.15, 0.2) is 30.3 Å². The number of H-pyrrole nitrogens is 1. The summed E-state index contributed by atoms with van der Waals surface area (Å²) in [4.78, 5) is 27.8. The molecule has 1 saturated heterocycles. The molecule has 0 spiro atoms. The van der Waals surface area contributed by atoms with E-state index in [-0.39, 0.29) is 11.7 Å². The van der Waals surface area contributed by atoms with Crippen LogP contribution in [0.3, 0.4) is 0 Å². The Morgan fingerprint density at radius 3 is 2.42 bits per heavy atom. The van der Waals surface area contributed by atoms with Crippen LogP contribution in [0.5, 0.6) is 0 Å². The van der Waals surface area contributed by atoms with Crippen LogP contribution in [0, 0.1) is 0 Å². The lowest BCUT2D eigenvalue weighted by Crippen LogP contribution is -2.48. The Bertz CT molecular complexity index is 733. The zero-order valence-electron chi connectivity index (χ0n) is 13.5. The van der Waals surface area contributed by atoms with Crippen molar-refractivity contribution < 1.29 is 9.59 Å². The number of aromatic amines is 1. The standard InChI is InChI=1S/C17H19ClN4O2/c1-12(23)15-10-16(20-19-15)17(24)22-8-6-21(7-9-22)11-13-2-4-14(18)5-3-13/h2-5,10H,6-9,11H2,1H3,(H,19,20). The Morgan fingerprint density at radius 2 is 1.83 bits per heavy atom. The Morgan fingerprint density at radius 1 is 1.17 bits per heavy atom. The number of halogens is 1. The van der Waals surface area contributed by atoms with Gasteiger partial charge in [0.2, 0.25) is 0 Å². The molecule has 0 unspecified atom stereocenters. The van der Waals surface area contributed by atoms with Gasteiger partial charge in [-0.15, -0.1) is 0 Å². The molecule has 3 rings (SSSR count). The number of benzene rings is 1. The Balaban J connectivity index is 1.55. The fraction of sp³-hybridized carbons (Fsp3) is 0.353. The number of amides is 1. The van der Waals surface area contributed by atoms with Crippen molar-refractivity contribution in [3.8, 4) is 0 Å². The Labute approximate surface area is 145 Å². The molecule has 0 radical (unpaired) electrons. The van der Waals surface area contributed by atoms with Crippen LogP contribution in [0.2, 0.25) is 5.02 Å². The van der Waals surface area contributed by atoms with Gasteiger partial charge in [0.25, 0.3) is 5.91 Å². The minimum atomic E-state index is -0.155. The SMILES string of the molecule is CC(=O)c1cc(C(=O)N2CCN(Cc3ccc(Cl)cc3)CC2)[nH]n1. The first-order chi connectivity index (χ1) is 11.5. The molecule has 1 aliphatic heterocycles. The highest BCUT2D eigenvalue weighted by Gasteiger charge is 2.23. The van der Waals surface area contributed by atoms with Crippen LogP contribution in [-0.4, -0.2) is 57.9 Å². The smallest absolute Gasteiger partial charge is 0.271 e. The van der Waals surface area contributed by atoms with Gasteiger partial charge in [0.15, 0.2) is 5.78 Å². The molecular weight excluding hydrogens is 328 g/mol. The van der Waals surface area contributed by atoms with Gasteiger partial charge in [0, 0.05) is 44.7 Å². The Kier molecular flexibility index (Phi) is 4.97. The molecule has 0 bridgehead atoms. The van der Waals surface area contributed by atoms with Crippen molar-refractivity contribution in [2.24, 2.45) is 0 Å². The van der Waals surface area contributed by atoms with Crippen LogP contribution in [0.1, 0.15) is 33.5 Å². The van der Waals surface area contributed by atoms with Gasteiger partial charge in [-0.05, 0) is 23.8 Å². The van der Waals surface area contributed by atoms with Crippen LogP contribution in [0.4, 0.5) is 0 Å². The number of rotatable bonds is 4. The van der Waals surface area contributed by atoms with Crippen molar-refractivity contribution in [1.29, 1.82) is 0 Å². The molecule has 1 amide bonds. The van der Waals surface area contributed by atoms with Crippen molar-refractivity contribution in [3.63, 3.8) is 0 Å². The number of nitrogens with zero attached hydrogens (tertiary/aromatic N) is 3. The first-order valence-corrected chi connectivity index (χ1v) is 8.23. The maximum Gasteiger partial charge on any atom is 0.271 e. The van der Waals surface area contributed by atoms with Gasteiger partial charge in [0.05, 0.1) is 0 Å². The number of carbonyl (C=O) groups is 2. The zero-order chi connectivity index (χ0) is 17.1. The highest BCUT2D eigenvalue weighted by molar-refractivity contribution is 6.30. The van der Waals surface area contributed by atoms with Crippen molar-refractivity contribution >= 4 is 23.3 Å². The van der Waals surface area contributed by atoms with E-state index >= 15 is 0 Å². The van der Waals surface area contributed by atoms with Gasteiger partial charge < -0.3 is 4.90 Å². The van der Waals surface area contributed by atoms with Crippen LogP contribution in [-0.2, 0) is 6.54 Å². The van der Waals surface area contributed by atoms with E-state index in [0.717, 1.165) is 24.7 Å². The second-order valence-electron chi connectivity index (χ2n) is 5.92. The first-order valence-electron chi connectivity index (χ1n) is 7.85. The summed E-state index contributed by atoms with van der Waals surface area (Å²) in [6.07, 6.45) is 0. The number of carbonyl (C=O) groups excluding carboxylic acids is 2. The average molecular weight is 347 g/mol. The molecule has 7 heteroatoms. The molecule has 2 heterocycles. The van der Waals surface area contributed by atoms with E-state index in [4.69, 9.17) is 11.6 Å². The molecule has 126 valence electrons. The minimum absolute atomic E-state index is 0.110. The fourth-order valence-electron chi connectivity index (χ4n) is 2.74. The normalized spacial score (nSPS) is 15.5. The van der Waals surface area contributed by atoms with Gasteiger partial charge in [-0.2, -0.15) is 5.10 Å². The average Bonchev–Trinajstić information content (AvgIpc) is 3.07. The highest BCUT2D eigenvalue weighted by atomic mass is 35.5. The third kappa shape index (κ3) is 3.83. The lowest BCUT2D eigenvalue weighted by Gasteiger charge is -2.34. The maximum absolute atomic E-state index is 12.4. The number of nitrogens with one attached hydrogen (secondary N) is 1. The van der Waals surface area contributed by atoms with Crippen molar-refractivity contribution in [2.45, 2.75) is 13.5 Å². The van der Waals surface area contributed by atoms with E-state index in [2.05, 4.69) is 15.1 Å². The molecule has 1 aliphatic rings. The predicted molar refractivity (Wildman–Crippen MR) is 91.2 cm³/mol. The number of hydrogen-bond acceptors (Lipinski definition) is 4. The molecule has 1 aromatic carbocycles. The summed E-state index contributed by atoms with van der Waals surface area (Å²) >= 11 is 5.90. The quantitative estimate of drug-likeness (QED) is 0.862. The first kappa shape index (κ1) is 16.7.